The van der Waals surface area contributed by atoms with Gasteiger partial charge in [0.05, 0.1) is 7.11 Å². The van der Waals surface area contributed by atoms with Gasteiger partial charge in [-0.15, -0.1) is 24.8 Å². The van der Waals surface area contributed by atoms with Gasteiger partial charge >= 0.3 is 0 Å². The van der Waals surface area contributed by atoms with Crippen LogP contribution < -0.4 is 10.1 Å². The average Bonchev–Trinajstić information content (AvgIpc) is 2.41. The van der Waals surface area contributed by atoms with Gasteiger partial charge < -0.3 is 15.2 Å². The average molecular weight is 327 g/mol. The minimum Gasteiger partial charge on any atom is -0.504 e. The van der Waals surface area contributed by atoms with Gasteiger partial charge in [-0.05, 0) is 13.0 Å². The molecule has 1 fully saturated rings. The van der Waals surface area contributed by atoms with Gasteiger partial charge in [-0.3, -0.25) is 4.90 Å². The predicted molar refractivity (Wildman–Crippen MR) is 82.0 cm³/mol. The largest absolute Gasteiger partial charge is 0.504 e. The summed E-state index contributed by atoms with van der Waals surface area (Å²) in [6, 6.07) is 2.55. The number of phenolic OH excluding ortho intramolecular Hbond substituents is 1. The summed E-state index contributed by atoms with van der Waals surface area (Å²) in [6.07, 6.45) is 0. The molecule has 1 aliphatic rings. The first-order valence-corrected chi connectivity index (χ1v) is 6.14. The molecule has 0 spiro atoms. The normalized spacial score (nSPS) is 16.8. The number of phenols is 1. The number of halogens is 3. The first-order chi connectivity index (χ1) is 8.63. The summed E-state index contributed by atoms with van der Waals surface area (Å²) >= 11 is 0. The summed E-state index contributed by atoms with van der Waals surface area (Å²) in [5, 5.41) is 13.3. The number of ether oxygens (including phenoxy) is 1. The Morgan fingerprint density at radius 1 is 1.30 bits per heavy atom. The van der Waals surface area contributed by atoms with Gasteiger partial charge in [-0.1, -0.05) is 0 Å². The van der Waals surface area contributed by atoms with Crippen LogP contribution in [0.3, 0.4) is 0 Å². The third kappa shape index (κ3) is 4.12. The number of rotatable bonds is 3. The van der Waals surface area contributed by atoms with Crippen LogP contribution in [0.5, 0.6) is 11.5 Å². The fourth-order valence-corrected chi connectivity index (χ4v) is 2.33. The number of hydrogen-bond donors (Lipinski definition) is 2. The van der Waals surface area contributed by atoms with Gasteiger partial charge in [0.1, 0.15) is 5.82 Å². The van der Waals surface area contributed by atoms with Gasteiger partial charge in [0.15, 0.2) is 11.5 Å². The highest BCUT2D eigenvalue weighted by atomic mass is 35.5. The SMILES string of the molecule is COc1cc(F)cc([C@@H](C)N2CCNCC2)c1O.Cl.Cl. The molecular weight excluding hydrogens is 306 g/mol. The number of methoxy groups -OCH3 is 1. The number of benzene rings is 1. The number of hydrogen-bond acceptors (Lipinski definition) is 4. The Morgan fingerprint density at radius 3 is 2.45 bits per heavy atom. The maximum atomic E-state index is 13.5. The van der Waals surface area contributed by atoms with Crippen molar-refractivity contribution in [2.75, 3.05) is 33.3 Å². The van der Waals surface area contributed by atoms with E-state index in [1.807, 2.05) is 6.92 Å². The molecule has 1 aliphatic heterocycles. The van der Waals surface area contributed by atoms with E-state index in [-0.39, 0.29) is 48.2 Å². The quantitative estimate of drug-likeness (QED) is 0.895. The molecule has 2 rings (SSSR count). The Bertz CT molecular complexity index is 429. The molecule has 1 aromatic rings. The van der Waals surface area contributed by atoms with Crippen molar-refractivity contribution in [1.29, 1.82) is 0 Å². The highest BCUT2D eigenvalue weighted by Crippen LogP contribution is 2.36. The van der Waals surface area contributed by atoms with Gasteiger partial charge in [-0.25, -0.2) is 4.39 Å². The zero-order chi connectivity index (χ0) is 13.1. The highest BCUT2D eigenvalue weighted by molar-refractivity contribution is 5.85. The number of aromatic hydroxyl groups is 1. The van der Waals surface area contributed by atoms with E-state index in [1.165, 1.54) is 19.2 Å². The molecule has 0 amide bonds. The van der Waals surface area contributed by atoms with Crippen molar-refractivity contribution in [3.8, 4) is 11.5 Å². The van der Waals surface area contributed by atoms with Gasteiger partial charge in [0.2, 0.25) is 0 Å². The van der Waals surface area contributed by atoms with Gasteiger partial charge in [0.25, 0.3) is 0 Å². The zero-order valence-corrected chi connectivity index (χ0v) is 13.2. The molecule has 0 radical (unpaired) electrons. The Hall–Kier alpha value is -0.750. The Labute approximate surface area is 131 Å². The maximum absolute atomic E-state index is 13.5. The Kier molecular flexibility index (Phi) is 8.20. The lowest BCUT2D eigenvalue weighted by Crippen LogP contribution is -2.44. The van der Waals surface area contributed by atoms with Crippen molar-refractivity contribution in [3.63, 3.8) is 0 Å². The molecule has 1 saturated heterocycles. The van der Waals surface area contributed by atoms with Gasteiger partial charge in [-0.2, -0.15) is 0 Å². The topological polar surface area (TPSA) is 44.7 Å². The number of nitrogens with one attached hydrogen (secondary N) is 1. The van der Waals surface area contributed by atoms with E-state index in [0.29, 0.717) is 5.56 Å². The molecule has 0 aliphatic carbocycles. The summed E-state index contributed by atoms with van der Waals surface area (Å²) < 4.78 is 18.5. The van der Waals surface area contributed by atoms with E-state index in [0.717, 1.165) is 26.2 Å². The smallest absolute Gasteiger partial charge is 0.163 e. The molecule has 0 bridgehead atoms. The summed E-state index contributed by atoms with van der Waals surface area (Å²) in [7, 11) is 1.42. The summed E-state index contributed by atoms with van der Waals surface area (Å²) in [5.74, 6) is -0.168. The van der Waals surface area contributed by atoms with Crippen LogP contribution in [-0.4, -0.2) is 43.3 Å². The summed E-state index contributed by atoms with van der Waals surface area (Å²) in [5.41, 5.74) is 0.578. The van der Waals surface area contributed by atoms with Crippen molar-refractivity contribution >= 4 is 24.8 Å². The van der Waals surface area contributed by atoms with Crippen LogP contribution in [0, 0.1) is 5.82 Å². The molecule has 0 aromatic heterocycles. The summed E-state index contributed by atoms with van der Waals surface area (Å²) in [4.78, 5) is 2.21. The second kappa shape index (κ2) is 8.52. The van der Waals surface area contributed by atoms with E-state index < -0.39 is 0 Å². The lowest BCUT2D eigenvalue weighted by atomic mass is 10.0. The zero-order valence-electron chi connectivity index (χ0n) is 11.6. The van der Waals surface area contributed by atoms with E-state index in [2.05, 4.69) is 10.2 Å². The second-order valence-electron chi connectivity index (χ2n) is 4.51. The molecule has 1 heterocycles. The molecule has 7 heteroatoms. The first-order valence-electron chi connectivity index (χ1n) is 6.14. The summed E-state index contributed by atoms with van der Waals surface area (Å²) in [6.45, 7) is 5.58. The van der Waals surface area contributed by atoms with Crippen LogP contribution in [-0.2, 0) is 0 Å². The van der Waals surface area contributed by atoms with Crippen LogP contribution >= 0.6 is 24.8 Å². The molecule has 0 saturated carbocycles. The second-order valence-corrected chi connectivity index (χ2v) is 4.51. The molecule has 20 heavy (non-hydrogen) atoms. The van der Waals surface area contributed by atoms with E-state index in [4.69, 9.17) is 4.74 Å². The first kappa shape index (κ1) is 19.2. The monoisotopic (exact) mass is 326 g/mol. The number of piperazine rings is 1. The lowest BCUT2D eigenvalue weighted by molar-refractivity contribution is 0.182. The van der Waals surface area contributed by atoms with E-state index in [9.17, 15) is 9.50 Å². The minimum absolute atomic E-state index is 0. The molecule has 4 nitrogen and oxygen atoms in total. The molecule has 1 aromatic carbocycles. The fourth-order valence-electron chi connectivity index (χ4n) is 2.33. The van der Waals surface area contributed by atoms with E-state index in [1.54, 1.807) is 0 Å². The standard InChI is InChI=1S/C13H19FN2O2.2ClH/c1-9(16-5-3-15-4-6-16)11-7-10(14)8-12(18-2)13(11)17;;/h7-9,15,17H,3-6H2,1-2H3;2*1H/t9-;;/m1../s1. The van der Waals surface area contributed by atoms with Crippen molar-refractivity contribution in [2.45, 2.75) is 13.0 Å². The Balaban J connectivity index is 0.00000180. The van der Waals surface area contributed by atoms with Crippen molar-refractivity contribution in [2.24, 2.45) is 0 Å². The molecule has 116 valence electrons. The molecular formula is C13H21Cl2FN2O2. The predicted octanol–water partition coefficient (Wildman–Crippen LogP) is 2.35. The van der Waals surface area contributed by atoms with Crippen molar-refractivity contribution in [3.05, 3.63) is 23.5 Å². The van der Waals surface area contributed by atoms with Crippen LogP contribution in [0.1, 0.15) is 18.5 Å². The maximum Gasteiger partial charge on any atom is 0.163 e. The fraction of sp³-hybridized carbons (Fsp3) is 0.538. The van der Waals surface area contributed by atoms with Crippen LogP contribution in [0.2, 0.25) is 0 Å². The molecule has 1 atom stereocenters. The van der Waals surface area contributed by atoms with Crippen LogP contribution in [0.4, 0.5) is 4.39 Å². The van der Waals surface area contributed by atoms with Crippen molar-refractivity contribution < 1.29 is 14.2 Å². The third-order valence-corrected chi connectivity index (χ3v) is 3.44. The van der Waals surface area contributed by atoms with Crippen molar-refractivity contribution in [1.82, 2.24) is 10.2 Å². The van der Waals surface area contributed by atoms with E-state index >= 15 is 0 Å². The minimum atomic E-state index is -0.387. The molecule has 2 N–H and O–H groups in total. The molecule has 0 unspecified atom stereocenters. The Morgan fingerprint density at radius 2 is 1.90 bits per heavy atom. The number of nitrogens with zero attached hydrogens (tertiary/aromatic N) is 1. The van der Waals surface area contributed by atoms with Crippen LogP contribution in [0.25, 0.3) is 0 Å². The highest BCUT2D eigenvalue weighted by Gasteiger charge is 2.22. The van der Waals surface area contributed by atoms with Gasteiger partial charge in [0, 0.05) is 43.9 Å². The lowest BCUT2D eigenvalue weighted by Gasteiger charge is -2.33. The third-order valence-electron chi connectivity index (χ3n) is 3.44. The van der Waals surface area contributed by atoms with Crippen LogP contribution in [0.15, 0.2) is 12.1 Å².